The van der Waals surface area contributed by atoms with Crippen molar-refractivity contribution in [2.24, 2.45) is 0 Å². The highest BCUT2D eigenvalue weighted by atomic mass is 32.1. The van der Waals surface area contributed by atoms with Crippen LogP contribution in [0.25, 0.3) is 20.9 Å². The van der Waals surface area contributed by atoms with Crippen molar-refractivity contribution in [2.45, 2.75) is 12.5 Å². The maximum atomic E-state index is 5.68. The lowest BCUT2D eigenvalue weighted by Gasteiger charge is -2.05. The molecule has 6 heteroatoms. The second kappa shape index (κ2) is 4.88. The number of thiophene rings is 1. The van der Waals surface area contributed by atoms with Crippen LogP contribution in [0.1, 0.15) is 6.42 Å². The number of hydrogen-bond donors (Lipinski definition) is 1. The van der Waals surface area contributed by atoms with Gasteiger partial charge in [0.2, 0.25) is 0 Å². The minimum atomic E-state index is 0.269. The van der Waals surface area contributed by atoms with Crippen LogP contribution in [-0.2, 0) is 4.74 Å². The number of anilines is 1. The second-order valence-electron chi connectivity index (χ2n) is 4.77. The van der Waals surface area contributed by atoms with Crippen LogP contribution in [0.4, 0.5) is 6.01 Å². The fourth-order valence-corrected chi connectivity index (χ4v) is 3.28. The van der Waals surface area contributed by atoms with E-state index < -0.39 is 0 Å². The normalized spacial score (nSPS) is 18.7. The predicted octanol–water partition coefficient (Wildman–Crippen LogP) is 3.15. The first kappa shape index (κ1) is 11.9. The van der Waals surface area contributed by atoms with Crippen LogP contribution in [0.5, 0.6) is 0 Å². The summed E-state index contributed by atoms with van der Waals surface area (Å²) >= 11 is 1.66. The van der Waals surface area contributed by atoms with Crippen LogP contribution in [0.2, 0.25) is 0 Å². The molecule has 1 atom stereocenters. The number of nitrogens with zero attached hydrogens (tertiary/aromatic N) is 2. The molecule has 0 radical (unpaired) electrons. The molecule has 1 aliphatic heterocycles. The third kappa shape index (κ3) is 2.17. The second-order valence-corrected chi connectivity index (χ2v) is 5.85. The number of aromatic nitrogens is 2. The summed E-state index contributed by atoms with van der Waals surface area (Å²) in [6, 6.07) is 11.0. The lowest BCUT2D eigenvalue weighted by molar-refractivity contribution is 0.195. The fraction of sp³-hybridized carbons (Fsp3) is 0.286. The molecule has 102 valence electrons. The molecule has 2 aromatic heterocycles. The molecule has 1 aliphatic rings. The minimum Gasteiger partial charge on any atom is -0.403 e. The van der Waals surface area contributed by atoms with Crippen molar-refractivity contribution < 1.29 is 9.15 Å². The number of rotatable bonds is 3. The van der Waals surface area contributed by atoms with Crippen LogP contribution < -0.4 is 5.32 Å². The zero-order valence-electron chi connectivity index (χ0n) is 10.7. The van der Waals surface area contributed by atoms with Gasteiger partial charge in [0.15, 0.2) is 0 Å². The van der Waals surface area contributed by atoms with Gasteiger partial charge < -0.3 is 14.5 Å². The van der Waals surface area contributed by atoms with Gasteiger partial charge in [-0.1, -0.05) is 23.3 Å². The minimum absolute atomic E-state index is 0.269. The Morgan fingerprint density at radius 2 is 2.20 bits per heavy atom. The number of ether oxygens (including phenoxy) is 1. The Morgan fingerprint density at radius 3 is 3.05 bits per heavy atom. The first-order chi connectivity index (χ1) is 9.88. The van der Waals surface area contributed by atoms with Crippen LogP contribution >= 0.6 is 11.3 Å². The number of fused-ring (bicyclic) bond motifs is 1. The van der Waals surface area contributed by atoms with Gasteiger partial charge in [0.05, 0.1) is 17.5 Å². The summed E-state index contributed by atoms with van der Waals surface area (Å²) in [4.78, 5) is 0.995. The lowest BCUT2D eigenvalue weighted by Crippen LogP contribution is -2.18. The van der Waals surface area contributed by atoms with E-state index in [-0.39, 0.29) is 6.04 Å². The van der Waals surface area contributed by atoms with Crippen LogP contribution in [0.3, 0.4) is 0 Å². The molecule has 0 saturated carbocycles. The molecular weight excluding hydrogens is 274 g/mol. The third-order valence-corrected chi connectivity index (χ3v) is 4.42. The molecule has 0 aliphatic carbocycles. The van der Waals surface area contributed by atoms with Gasteiger partial charge in [-0.25, -0.2) is 0 Å². The molecular formula is C14H13N3O2S. The van der Waals surface area contributed by atoms with Gasteiger partial charge in [-0.05, 0) is 23.9 Å². The molecule has 0 spiro atoms. The Labute approximate surface area is 119 Å². The molecule has 3 aromatic rings. The molecule has 4 rings (SSSR count). The van der Waals surface area contributed by atoms with Crippen molar-refractivity contribution in [3.05, 3.63) is 30.3 Å². The van der Waals surface area contributed by atoms with Crippen molar-refractivity contribution in [3.8, 4) is 10.8 Å². The molecule has 5 nitrogen and oxygen atoms in total. The molecule has 20 heavy (non-hydrogen) atoms. The Balaban J connectivity index is 1.60. The van der Waals surface area contributed by atoms with E-state index in [4.69, 9.17) is 9.15 Å². The zero-order valence-corrected chi connectivity index (χ0v) is 11.5. The smallest absolute Gasteiger partial charge is 0.316 e. The predicted molar refractivity (Wildman–Crippen MR) is 78.0 cm³/mol. The molecule has 1 unspecified atom stereocenters. The molecule has 1 fully saturated rings. The van der Waals surface area contributed by atoms with E-state index in [0.717, 1.165) is 17.9 Å². The Bertz CT molecular complexity index is 698. The average molecular weight is 287 g/mol. The van der Waals surface area contributed by atoms with E-state index >= 15 is 0 Å². The van der Waals surface area contributed by atoms with Gasteiger partial charge in [-0.3, -0.25) is 0 Å². The molecule has 1 aromatic carbocycles. The highest BCUT2D eigenvalue weighted by Gasteiger charge is 2.18. The largest absolute Gasteiger partial charge is 0.403 e. The van der Waals surface area contributed by atoms with Crippen molar-refractivity contribution >= 4 is 27.4 Å². The molecule has 0 bridgehead atoms. The topological polar surface area (TPSA) is 60.2 Å². The molecule has 1 N–H and O–H groups in total. The number of nitrogens with one attached hydrogen (secondary N) is 1. The van der Waals surface area contributed by atoms with Crippen LogP contribution in [-0.4, -0.2) is 29.5 Å². The highest BCUT2D eigenvalue weighted by Crippen LogP contribution is 2.33. The molecule has 3 heterocycles. The first-order valence-corrected chi connectivity index (χ1v) is 7.37. The van der Waals surface area contributed by atoms with Gasteiger partial charge in [0.25, 0.3) is 5.89 Å². The monoisotopic (exact) mass is 287 g/mol. The van der Waals surface area contributed by atoms with Gasteiger partial charge >= 0.3 is 6.01 Å². The van der Waals surface area contributed by atoms with Crippen molar-refractivity contribution in [3.63, 3.8) is 0 Å². The summed E-state index contributed by atoms with van der Waals surface area (Å²) < 4.78 is 12.2. The SMILES string of the molecule is c1ccc2sc(-c3nnc(NC4CCOC4)o3)cc2c1. The summed E-state index contributed by atoms with van der Waals surface area (Å²) in [6.07, 6.45) is 0.973. The van der Waals surface area contributed by atoms with E-state index in [9.17, 15) is 0 Å². The van der Waals surface area contributed by atoms with E-state index in [1.165, 1.54) is 10.1 Å². The van der Waals surface area contributed by atoms with Crippen molar-refractivity contribution in [1.29, 1.82) is 0 Å². The quantitative estimate of drug-likeness (QED) is 0.802. The highest BCUT2D eigenvalue weighted by molar-refractivity contribution is 7.22. The van der Waals surface area contributed by atoms with Crippen LogP contribution in [0.15, 0.2) is 34.7 Å². The Morgan fingerprint density at radius 1 is 1.25 bits per heavy atom. The van der Waals surface area contributed by atoms with Gasteiger partial charge in [0.1, 0.15) is 0 Å². The van der Waals surface area contributed by atoms with E-state index in [1.807, 2.05) is 12.1 Å². The Hall–Kier alpha value is -1.92. The third-order valence-electron chi connectivity index (χ3n) is 3.32. The van der Waals surface area contributed by atoms with E-state index in [2.05, 4.69) is 33.7 Å². The summed E-state index contributed by atoms with van der Waals surface area (Å²) in [6.45, 7) is 1.48. The fourth-order valence-electron chi connectivity index (χ4n) is 2.29. The number of hydrogen-bond acceptors (Lipinski definition) is 6. The number of benzene rings is 1. The van der Waals surface area contributed by atoms with Crippen molar-refractivity contribution in [2.75, 3.05) is 18.5 Å². The molecule has 1 saturated heterocycles. The first-order valence-electron chi connectivity index (χ1n) is 6.55. The molecule has 0 amide bonds. The maximum Gasteiger partial charge on any atom is 0.316 e. The zero-order chi connectivity index (χ0) is 13.4. The summed E-state index contributed by atoms with van der Waals surface area (Å²) in [5.74, 6) is 0.563. The van der Waals surface area contributed by atoms with Gasteiger partial charge in [-0.2, -0.15) is 0 Å². The maximum absolute atomic E-state index is 5.68. The Kier molecular flexibility index (Phi) is 2.90. The summed E-state index contributed by atoms with van der Waals surface area (Å²) in [7, 11) is 0. The van der Waals surface area contributed by atoms with E-state index in [0.29, 0.717) is 18.5 Å². The van der Waals surface area contributed by atoms with E-state index in [1.54, 1.807) is 11.3 Å². The standard InChI is InChI=1S/C14H13N3O2S/c1-2-4-11-9(3-1)7-12(20-11)13-16-17-14(19-13)15-10-5-6-18-8-10/h1-4,7,10H,5-6,8H2,(H,15,17). The lowest BCUT2D eigenvalue weighted by atomic mass is 10.2. The summed E-state index contributed by atoms with van der Waals surface area (Å²) in [5.41, 5.74) is 0. The summed E-state index contributed by atoms with van der Waals surface area (Å²) in [5, 5.41) is 12.6. The van der Waals surface area contributed by atoms with Gasteiger partial charge in [0, 0.05) is 11.3 Å². The van der Waals surface area contributed by atoms with Crippen molar-refractivity contribution in [1.82, 2.24) is 10.2 Å². The van der Waals surface area contributed by atoms with Crippen LogP contribution in [0, 0.1) is 0 Å². The average Bonchev–Trinajstić information content (AvgIpc) is 3.18. The van der Waals surface area contributed by atoms with Gasteiger partial charge in [-0.15, -0.1) is 16.4 Å².